The Bertz CT molecular complexity index is 355. The van der Waals surface area contributed by atoms with E-state index in [1.54, 1.807) is 11.8 Å². The van der Waals surface area contributed by atoms with Crippen molar-refractivity contribution in [3.8, 4) is 0 Å². The van der Waals surface area contributed by atoms with Crippen LogP contribution in [0.15, 0.2) is 12.2 Å². The fourth-order valence-electron chi connectivity index (χ4n) is 2.03. The molecule has 0 aromatic carbocycles. The fraction of sp³-hybridized carbons (Fsp3) is 0.714. The largest absolute Gasteiger partial charge is 0.444 e. The molecule has 1 heterocycles. The lowest BCUT2D eigenvalue weighted by Crippen LogP contribution is -2.44. The number of amides is 1. The molecule has 1 atom stereocenters. The number of hydrogen-bond donors (Lipinski definition) is 0. The van der Waals surface area contributed by atoms with Gasteiger partial charge in [-0.15, -0.1) is 0 Å². The van der Waals surface area contributed by atoms with E-state index < -0.39 is 5.60 Å². The normalized spacial score (nSPS) is 20.4. The van der Waals surface area contributed by atoms with Crippen LogP contribution >= 0.6 is 0 Å². The van der Waals surface area contributed by atoms with Crippen molar-refractivity contribution >= 4 is 11.9 Å². The maximum absolute atomic E-state index is 11.9. The van der Waals surface area contributed by atoms with Gasteiger partial charge in [0, 0.05) is 19.0 Å². The molecule has 4 nitrogen and oxygen atoms in total. The molecule has 0 aliphatic carbocycles. The summed E-state index contributed by atoms with van der Waals surface area (Å²) in [6.07, 6.45) is 1.33. The van der Waals surface area contributed by atoms with Gasteiger partial charge >= 0.3 is 6.09 Å². The van der Waals surface area contributed by atoms with Crippen LogP contribution in [0.3, 0.4) is 0 Å². The van der Waals surface area contributed by atoms with E-state index in [0.717, 1.165) is 12.8 Å². The molecule has 1 aliphatic rings. The monoisotopic (exact) mass is 253 g/mol. The molecule has 0 saturated carbocycles. The number of ether oxygens (including phenoxy) is 1. The molecule has 0 N–H and O–H groups in total. The smallest absolute Gasteiger partial charge is 0.410 e. The summed E-state index contributed by atoms with van der Waals surface area (Å²) in [7, 11) is 0. The van der Waals surface area contributed by atoms with E-state index in [0.29, 0.717) is 18.7 Å². The molecule has 1 saturated heterocycles. The number of hydrogen-bond acceptors (Lipinski definition) is 3. The van der Waals surface area contributed by atoms with Crippen LogP contribution in [0, 0.1) is 5.92 Å². The standard InChI is InChI=1S/C14H23NO3/c1-10(2)12(16)11-7-6-8-15(9-11)13(17)18-14(3,4)5/h11H,1,6-9H2,2-5H3. The van der Waals surface area contributed by atoms with Crippen LogP contribution in [0.4, 0.5) is 4.79 Å². The Hall–Kier alpha value is -1.32. The van der Waals surface area contributed by atoms with Crippen LogP contribution in [-0.2, 0) is 9.53 Å². The van der Waals surface area contributed by atoms with Crippen molar-refractivity contribution in [3.05, 3.63) is 12.2 Å². The third kappa shape index (κ3) is 4.17. The number of likely N-dealkylation sites (tertiary alicyclic amines) is 1. The summed E-state index contributed by atoms with van der Waals surface area (Å²) in [4.78, 5) is 25.4. The van der Waals surface area contributed by atoms with Crippen LogP contribution in [0.1, 0.15) is 40.5 Å². The summed E-state index contributed by atoms with van der Waals surface area (Å²) < 4.78 is 5.32. The molecule has 0 aromatic rings. The quantitative estimate of drug-likeness (QED) is 0.711. The van der Waals surface area contributed by atoms with Crippen molar-refractivity contribution in [3.63, 3.8) is 0 Å². The zero-order chi connectivity index (χ0) is 13.9. The molecule has 1 rings (SSSR count). The minimum absolute atomic E-state index is 0.0586. The van der Waals surface area contributed by atoms with Gasteiger partial charge in [0.1, 0.15) is 5.60 Å². The molecule has 1 aliphatic heterocycles. The summed E-state index contributed by atoms with van der Waals surface area (Å²) in [5.41, 5.74) is 0.0635. The Balaban J connectivity index is 2.61. The summed E-state index contributed by atoms with van der Waals surface area (Å²) in [6.45, 7) is 12.0. The van der Waals surface area contributed by atoms with Crippen LogP contribution in [0.25, 0.3) is 0 Å². The Morgan fingerprint density at radius 1 is 1.33 bits per heavy atom. The number of carbonyl (C=O) groups excluding carboxylic acids is 2. The van der Waals surface area contributed by atoms with Gasteiger partial charge in [0.15, 0.2) is 5.78 Å². The van der Waals surface area contributed by atoms with Crippen molar-refractivity contribution < 1.29 is 14.3 Å². The highest BCUT2D eigenvalue weighted by molar-refractivity contribution is 5.96. The molecule has 4 heteroatoms. The van der Waals surface area contributed by atoms with E-state index in [1.165, 1.54) is 0 Å². The molecular weight excluding hydrogens is 230 g/mol. The topological polar surface area (TPSA) is 46.6 Å². The van der Waals surface area contributed by atoms with Crippen molar-refractivity contribution in [1.29, 1.82) is 0 Å². The summed E-state index contributed by atoms with van der Waals surface area (Å²) in [5.74, 6) is -0.0629. The van der Waals surface area contributed by atoms with Gasteiger partial charge in [-0.3, -0.25) is 4.79 Å². The van der Waals surface area contributed by atoms with E-state index >= 15 is 0 Å². The minimum atomic E-state index is -0.498. The Morgan fingerprint density at radius 2 is 1.94 bits per heavy atom. The number of rotatable bonds is 2. The lowest BCUT2D eigenvalue weighted by molar-refractivity contribution is -0.120. The second-order valence-electron chi connectivity index (χ2n) is 5.91. The average molecular weight is 253 g/mol. The maximum Gasteiger partial charge on any atom is 0.410 e. The predicted molar refractivity (Wildman–Crippen MR) is 70.4 cm³/mol. The Labute approximate surface area is 109 Å². The molecule has 0 spiro atoms. The number of piperidine rings is 1. The third-order valence-electron chi connectivity index (χ3n) is 2.86. The fourth-order valence-corrected chi connectivity index (χ4v) is 2.03. The van der Waals surface area contributed by atoms with Gasteiger partial charge in [-0.2, -0.15) is 0 Å². The Morgan fingerprint density at radius 3 is 2.44 bits per heavy atom. The van der Waals surface area contributed by atoms with Crippen molar-refractivity contribution in [1.82, 2.24) is 4.90 Å². The molecule has 102 valence electrons. The first kappa shape index (κ1) is 14.7. The lowest BCUT2D eigenvalue weighted by Gasteiger charge is -2.33. The molecule has 0 aromatic heterocycles. The average Bonchev–Trinajstić information content (AvgIpc) is 2.25. The molecule has 18 heavy (non-hydrogen) atoms. The maximum atomic E-state index is 11.9. The predicted octanol–water partition coefficient (Wildman–Crippen LogP) is 2.78. The zero-order valence-corrected chi connectivity index (χ0v) is 11.8. The first-order valence-corrected chi connectivity index (χ1v) is 6.38. The van der Waals surface area contributed by atoms with E-state index in [9.17, 15) is 9.59 Å². The van der Waals surface area contributed by atoms with E-state index in [4.69, 9.17) is 4.74 Å². The third-order valence-corrected chi connectivity index (χ3v) is 2.86. The number of Topliss-reactive ketones (excluding diaryl/α,β-unsaturated/α-hetero) is 1. The van der Waals surface area contributed by atoms with Crippen molar-refractivity contribution in [2.24, 2.45) is 5.92 Å². The summed E-state index contributed by atoms with van der Waals surface area (Å²) in [6, 6.07) is 0. The van der Waals surface area contributed by atoms with E-state index in [-0.39, 0.29) is 17.8 Å². The molecule has 0 radical (unpaired) electrons. The SMILES string of the molecule is C=C(C)C(=O)C1CCCN(C(=O)OC(C)(C)C)C1. The number of carbonyl (C=O) groups is 2. The van der Waals surface area contributed by atoms with Crippen LogP contribution < -0.4 is 0 Å². The van der Waals surface area contributed by atoms with Gasteiger partial charge < -0.3 is 9.64 Å². The minimum Gasteiger partial charge on any atom is -0.444 e. The number of nitrogens with zero attached hydrogens (tertiary/aromatic N) is 1. The van der Waals surface area contributed by atoms with Gasteiger partial charge in [-0.25, -0.2) is 4.79 Å². The van der Waals surface area contributed by atoms with Gasteiger partial charge in [0.25, 0.3) is 0 Å². The highest BCUT2D eigenvalue weighted by Gasteiger charge is 2.30. The van der Waals surface area contributed by atoms with E-state index in [1.807, 2.05) is 20.8 Å². The van der Waals surface area contributed by atoms with E-state index in [2.05, 4.69) is 6.58 Å². The second-order valence-corrected chi connectivity index (χ2v) is 5.91. The number of allylic oxidation sites excluding steroid dienone is 1. The molecule has 1 fully saturated rings. The molecule has 1 unspecified atom stereocenters. The van der Waals surface area contributed by atoms with Crippen molar-refractivity contribution in [2.75, 3.05) is 13.1 Å². The summed E-state index contributed by atoms with van der Waals surface area (Å²) in [5, 5.41) is 0. The van der Waals surface area contributed by atoms with Crippen molar-refractivity contribution in [2.45, 2.75) is 46.1 Å². The van der Waals surface area contributed by atoms with Crippen LogP contribution in [0.2, 0.25) is 0 Å². The first-order chi connectivity index (χ1) is 8.20. The Kier molecular flexibility index (Phi) is 4.54. The first-order valence-electron chi connectivity index (χ1n) is 6.38. The van der Waals surface area contributed by atoms with Crippen LogP contribution in [-0.4, -0.2) is 35.5 Å². The highest BCUT2D eigenvalue weighted by atomic mass is 16.6. The zero-order valence-electron chi connectivity index (χ0n) is 11.8. The number of ketones is 1. The second kappa shape index (κ2) is 5.55. The van der Waals surface area contributed by atoms with Gasteiger partial charge in [0.05, 0.1) is 0 Å². The van der Waals surface area contributed by atoms with Gasteiger partial charge in [-0.1, -0.05) is 6.58 Å². The summed E-state index contributed by atoms with van der Waals surface area (Å²) >= 11 is 0. The molecule has 1 amide bonds. The van der Waals surface area contributed by atoms with Crippen LogP contribution in [0.5, 0.6) is 0 Å². The highest BCUT2D eigenvalue weighted by Crippen LogP contribution is 2.21. The van der Waals surface area contributed by atoms with Gasteiger partial charge in [-0.05, 0) is 46.1 Å². The molecule has 0 bridgehead atoms. The lowest BCUT2D eigenvalue weighted by atomic mass is 9.91. The molecular formula is C14H23NO3. The van der Waals surface area contributed by atoms with Gasteiger partial charge in [0.2, 0.25) is 0 Å².